The van der Waals surface area contributed by atoms with Crippen LogP contribution < -0.4 is 10.5 Å². The summed E-state index contributed by atoms with van der Waals surface area (Å²) in [6.07, 6.45) is 0. The van der Waals surface area contributed by atoms with Crippen LogP contribution in [0, 0.1) is 0 Å². The van der Waals surface area contributed by atoms with Gasteiger partial charge >= 0.3 is 0 Å². The minimum absolute atomic E-state index is 0.0109. The molecule has 14 heavy (non-hydrogen) atoms. The van der Waals surface area contributed by atoms with Gasteiger partial charge in [-0.2, -0.15) is 0 Å². The Balaban J connectivity index is 2.27. The van der Waals surface area contributed by atoms with Gasteiger partial charge in [0.05, 0.1) is 5.75 Å². The van der Waals surface area contributed by atoms with E-state index in [1.165, 1.54) is 0 Å². The molecular formula is C9H12N2O2S. The maximum Gasteiger partial charge on any atom is 0.209 e. The van der Waals surface area contributed by atoms with E-state index in [0.29, 0.717) is 6.54 Å². The van der Waals surface area contributed by atoms with Crippen molar-refractivity contribution < 1.29 is 8.42 Å². The minimum atomic E-state index is -3.39. The van der Waals surface area contributed by atoms with E-state index >= 15 is 0 Å². The Bertz CT molecular complexity index is 442. The zero-order chi connectivity index (χ0) is 10.2. The highest BCUT2D eigenvalue weighted by Gasteiger charge is 2.24. The lowest BCUT2D eigenvalue weighted by Gasteiger charge is -2.07. The smallest absolute Gasteiger partial charge is 0.209 e. The van der Waals surface area contributed by atoms with Crippen molar-refractivity contribution in [3.05, 3.63) is 29.8 Å². The van der Waals surface area contributed by atoms with Crippen molar-refractivity contribution in [3.8, 4) is 0 Å². The molecule has 1 unspecified atom stereocenters. The van der Waals surface area contributed by atoms with E-state index in [2.05, 4.69) is 5.32 Å². The van der Waals surface area contributed by atoms with Gasteiger partial charge in [0.15, 0.2) is 0 Å². The number of benzene rings is 1. The molecule has 0 saturated heterocycles. The van der Waals surface area contributed by atoms with Gasteiger partial charge in [-0.25, -0.2) is 13.6 Å². The van der Waals surface area contributed by atoms with Crippen LogP contribution in [0.15, 0.2) is 24.3 Å². The lowest BCUT2D eigenvalue weighted by molar-refractivity contribution is 0.592. The van der Waals surface area contributed by atoms with E-state index < -0.39 is 10.0 Å². The molecule has 1 aliphatic heterocycles. The van der Waals surface area contributed by atoms with Gasteiger partial charge in [0.1, 0.15) is 0 Å². The summed E-state index contributed by atoms with van der Waals surface area (Å²) >= 11 is 0. The molecule has 1 aliphatic rings. The first-order valence-corrected chi connectivity index (χ1v) is 6.11. The van der Waals surface area contributed by atoms with E-state index in [4.69, 9.17) is 5.14 Å². The van der Waals surface area contributed by atoms with Crippen molar-refractivity contribution in [1.82, 2.24) is 0 Å². The number of nitrogens with one attached hydrogen (secondary N) is 1. The first-order valence-electron chi connectivity index (χ1n) is 4.39. The number of hydrogen-bond donors (Lipinski definition) is 2. The van der Waals surface area contributed by atoms with Gasteiger partial charge in [-0.05, 0) is 11.6 Å². The molecule has 1 aromatic rings. The summed E-state index contributed by atoms with van der Waals surface area (Å²) in [5.41, 5.74) is 2.06. The molecule has 0 bridgehead atoms. The summed E-state index contributed by atoms with van der Waals surface area (Å²) in [7, 11) is -3.39. The monoisotopic (exact) mass is 212 g/mol. The molecule has 0 aliphatic carbocycles. The number of anilines is 1. The Morgan fingerprint density at radius 3 is 2.86 bits per heavy atom. The Labute approximate surface area is 83.2 Å². The van der Waals surface area contributed by atoms with Gasteiger partial charge in [-0.1, -0.05) is 18.2 Å². The molecule has 3 N–H and O–H groups in total. The van der Waals surface area contributed by atoms with Crippen molar-refractivity contribution in [3.63, 3.8) is 0 Å². The van der Waals surface area contributed by atoms with E-state index in [9.17, 15) is 8.42 Å². The van der Waals surface area contributed by atoms with Crippen LogP contribution in [0.25, 0.3) is 0 Å². The number of rotatable bonds is 2. The van der Waals surface area contributed by atoms with Crippen molar-refractivity contribution in [2.24, 2.45) is 5.14 Å². The van der Waals surface area contributed by atoms with Gasteiger partial charge in [0, 0.05) is 18.2 Å². The third kappa shape index (κ3) is 1.88. The summed E-state index contributed by atoms with van der Waals surface area (Å²) in [5, 5.41) is 8.17. The number of sulfonamides is 1. The largest absolute Gasteiger partial charge is 0.384 e. The molecule has 1 atom stereocenters. The van der Waals surface area contributed by atoms with Crippen molar-refractivity contribution >= 4 is 15.7 Å². The molecular weight excluding hydrogens is 200 g/mol. The molecule has 0 fully saturated rings. The lowest BCUT2D eigenvalue weighted by atomic mass is 10.0. The molecule has 0 saturated carbocycles. The van der Waals surface area contributed by atoms with Crippen LogP contribution in [0.1, 0.15) is 11.5 Å². The van der Waals surface area contributed by atoms with Crippen LogP contribution in [-0.4, -0.2) is 20.7 Å². The van der Waals surface area contributed by atoms with Crippen LogP contribution >= 0.6 is 0 Å². The number of fused-ring (bicyclic) bond motifs is 1. The second kappa shape index (κ2) is 3.25. The SMILES string of the molecule is NS(=O)(=O)CC1CNc2ccccc21. The number of para-hydroxylation sites is 1. The average Bonchev–Trinajstić information content (AvgIpc) is 2.47. The van der Waals surface area contributed by atoms with Crippen molar-refractivity contribution in [1.29, 1.82) is 0 Å². The number of hydrogen-bond acceptors (Lipinski definition) is 3. The Morgan fingerprint density at radius 2 is 2.14 bits per heavy atom. The van der Waals surface area contributed by atoms with Crippen LogP contribution in [0.4, 0.5) is 5.69 Å². The molecule has 0 spiro atoms. The van der Waals surface area contributed by atoms with Crippen LogP contribution in [-0.2, 0) is 10.0 Å². The topological polar surface area (TPSA) is 72.2 Å². The van der Waals surface area contributed by atoms with E-state index in [1.807, 2.05) is 24.3 Å². The average molecular weight is 212 g/mol. The Kier molecular flexibility index (Phi) is 2.20. The first-order chi connectivity index (χ1) is 6.56. The van der Waals surface area contributed by atoms with E-state index in [1.54, 1.807) is 0 Å². The molecule has 4 nitrogen and oxygen atoms in total. The van der Waals surface area contributed by atoms with Gasteiger partial charge in [0.25, 0.3) is 0 Å². The van der Waals surface area contributed by atoms with E-state index in [-0.39, 0.29) is 11.7 Å². The van der Waals surface area contributed by atoms with Gasteiger partial charge in [-0.15, -0.1) is 0 Å². The quantitative estimate of drug-likeness (QED) is 0.749. The summed E-state index contributed by atoms with van der Waals surface area (Å²) in [4.78, 5) is 0. The molecule has 1 aromatic carbocycles. The van der Waals surface area contributed by atoms with E-state index in [0.717, 1.165) is 11.3 Å². The summed E-state index contributed by atoms with van der Waals surface area (Å²) in [5.74, 6) is -0.00185. The standard InChI is InChI=1S/C9H12N2O2S/c10-14(12,13)6-7-5-11-9-4-2-1-3-8(7)9/h1-4,7,11H,5-6H2,(H2,10,12,13). The predicted molar refractivity (Wildman–Crippen MR) is 55.6 cm³/mol. The van der Waals surface area contributed by atoms with Gasteiger partial charge < -0.3 is 5.32 Å². The van der Waals surface area contributed by atoms with Gasteiger partial charge in [0.2, 0.25) is 10.0 Å². The molecule has 76 valence electrons. The molecule has 0 aromatic heterocycles. The fraction of sp³-hybridized carbons (Fsp3) is 0.333. The van der Waals surface area contributed by atoms with Crippen LogP contribution in [0.2, 0.25) is 0 Å². The molecule has 1 heterocycles. The molecule has 0 radical (unpaired) electrons. The fourth-order valence-electron chi connectivity index (χ4n) is 1.79. The molecule has 0 amide bonds. The Morgan fingerprint density at radius 1 is 1.43 bits per heavy atom. The highest BCUT2D eigenvalue weighted by atomic mass is 32.2. The second-order valence-corrected chi connectivity index (χ2v) is 5.15. The maximum atomic E-state index is 10.9. The lowest BCUT2D eigenvalue weighted by Crippen LogP contribution is -2.22. The number of primary sulfonamides is 1. The fourth-order valence-corrected chi connectivity index (χ4v) is 2.64. The summed E-state index contributed by atoms with van der Waals surface area (Å²) in [6.45, 7) is 0.649. The third-order valence-corrected chi connectivity index (χ3v) is 3.24. The summed E-state index contributed by atoms with van der Waals surface area (Å²) in [6, 6.07) is 7.71. The Hall–Kier alpha value is -1.07. The highest BCUT2D eigenvalue weighted by Crippen LogP contribution is 2.31. The van der Waals surface area contributed by atoms with Gasteiger partial charge in [-0.3, -0.25) is 0 Å². The molecule has 2 rings (SSSR count). The first kappa shape index (κ1) is 9.48. The second-order valence-electron chi connectivity index (χ2n) is 3.49. The normalized spacial score (nSPS) is 20.2. The van der Waals surface area contributed by atoms with Crippen LogP contribution in [0.5, 0.6) is 0 Å². The number of nitrogens with two attached hydrogens (primary N) is 1. The maximum absolute atomic E-state index is 10.9. The molecule has 5 heteroatoms. The predicted octanol–water partition coefficient (Wildman–Crippen LogP) is 0.484. The summed E-state index contributed by atoms with van der Waals surface area (Å²) < 4.78 is 21.9. The van der Waals surface area contributed by atoms with Crippen molar-refractivity contribution in [2.75, 3.05) is 17.6 Å². The highest BCUT2D eigenvalue weighted by molar-refractivity contribution is 7.89. The zero-order valence-electron chi connectivity index (χ0n) is 7.60. The third-order valence-electron chi connectivity index (χ3n) is 2.37. The van der Waals surface area contributed by atoms with Crippen LogP contribution in [0.3, 0.4) is 0 Å². The minimum Gasteiger partial charge on any atom is -0.384 e. The van der Waals surface area contributed by atoms with Crippen molar-refractivity contribution in [2.45, 2.75) is 5.92 Å². The zero-order valence-corrected chi connectivity index (χ0v) is 8.42.